The highest BCUT2D eigenvalue weighted by Crippen LogP contribution is 2.63. The van der Waals surface area contributed by atoms with Crippen LogP contribution in [0.15, 0.2) is 24.3 Å². The number of carbonyl (C=O) groups is 2. The van der Waals surface area contributed by atoms with Crippen LogP contribution in [0.1, 0.15) is 25.0 Å². The maximum Gasteiger partial charge on any atom is 0.233 e. The third-order valence-electron chi connectivity index (χ3n) is 4.44. The third-order valence-corrected chi connectivity index (χ3v) is 4.68. The molecule has 2 fully saturated rings. The number of amides is 2. The summed E-state index contributed by atoms with van der Waals surface area (Å²) >= 11 is 4.94. The fourth-order valence-corrected chi connectivity index (χ4v) is 3.29. The molecule has 2 aliphatic rings. The lowest BCUT2D eigenvalue weighted by atomic mass is 10.0. The topological polar surface area (TPSA) is 63.4 Å². The van der Waals surface area contributed by atoms with Crippen molar-refractivity contribution in [1.82, 2.24) is 4.90 Å². The Morgan fingerprint density at radius 1 is 1.30 bits per heavy atom. The number of fused-ring (bicyclic) bond motifs is 1. The average Bonchev–Trinajstić information content (AvgIpc) is 2.87. The number of nitrogens with zero attached hydrogens (tertiary/aromatic N) is 1. The SMILES string of the molecule is CC1(C)C2C(=O)N(Cc3cccc(C(N)=S)c3)C(=O)C21. The van der Waals surface area contributed by atoms with E-state index in [1.165, 1.54) is 4.90 Å². The summed E-state index contributed by atoms with van der Waals surface area (Å²) < 4.78 is 0. The normalized spacial score (nSPS) is 26.6. The molecular weight excluding hydrogens is 272 g/mol. The van der Waals surface area contributed by atoms with Crippen molar-refractivity contribution >= 4 is 29.0 Å². The summed E-state index contributed by atoms with van der Waals surface area (Å²) in [5.41, 5.74) is 7.06. The van der Waals surface area contributed by atoms with Crippen molar-refractivity contribution in [3.63, 3.8) is 0 Å². The summed E-state index contributed by atoms with van der Waals surface area (Å²) in [4.78, 5) is 26.2. The number of rotatable bonds is 3. The standard InChI is InChI=1S/C15H16N2O2S/c1-15(2)10-11(15)14(19)17(13(10)18)7-8-4-3-5-9(6-8)12(16)20/h3-6,10-11H,7H2,1-2H3,(H2,16,20). The predicted molar refractivity (Wildman–Crippen MR) is 78.6 cm³/mol. The molecule has 1 aromatic carbocycles. The van der Waals surface area contributed by atoms with E-state index in [0.717, 1.165) is 11.1 Å². The molecule has 1 aliphatic carbocycles. The van der Waals surface area contributed by atoms with E-state index in [1.54, 1.807) is 0 Å². The highest BCUT2D eigenvalue weighted by atomic mass is 32.1. The Balaban J connectivity index is 1.80. The van der Waals surface area contributed by atoms with Crippen LogP contribution in [0, 0.1) is 17.3 Å². The molecule has 1 aliphatic heterocycles. The van der Waals surface area contributed by atoms with Gasteiger partial charge in [-0.15, -0.1) is 0 Å². The number of hydrogen-bond donors (Lipinski definition) is 1. The number of likely N-dealkylation sites (tertiary alicyclic amines) is 1. The first-order chi connectivity index (χ1) is 9.34. The van der Waals surface area contributed by atoms with Gasteiger partial charge in [0.05, 0.1) is 18.4 Å². The third kappa shape index (κ3) is 1.77. The molecule has 2 unspecified atom stereocenters. The van der Waals surface area contributed by atoms with Crippen molar-refractivity contribution in [1.29, 1.82) is 0 Å². The number of piperidine rings is 1. The van der Waals surface area contributed by atoms with Gasteiger partial charge in [-0.2, -0.15) is 0 Å². The molecule has 1 saturated heterocycles. The van der Waals surface area contributed by atoms with Gasteiger partial charge in [0.1, 0.15) is 4.99 Å². The van der Waals surface area contributed by atoms with Crippen LogP contribution in [-0.4, -0.2) is 21.7 Å². The van der Waals surface area contributed by atoms with Gasteiger partial charge in [-0.05, 0) is 17.0 Å². The van der Waals surface area contributed by atoms with Gasteiger partial charge in [0.2, 0.25) is 11.8 Å². The Labute approximate surface area is 122 Å². The van der Waals surface area contributed by atoms with Crippen LogP contribution >= 0.6 is 12.2 Å². The monoisotopic (exact) mass is 288 g/mol. The molecule has 2 N–H and O–H groups in total. The fraction of sp³-hybridized carbons (Fsp3) is 0.400. The molecule has 1 heterocycles. The maximum atomic E-state index is 12.3. The van der Waals surface area contributed by atoms with Crippen LogP contribution < -0.4 is 5.73 Å². The van der Waals surface area contributed by atoms with Gasteiger partial charge in [0, 0.05) is 5.56 Å². The van der Waals surface area contributed by atoms with Crippen LogP contribution in [0.3, 0.4) is 0 Å². The van der Waals surface area contributed by atoms with Crippen LogP contribution in [0.25, 0.3) is 0 Å². The molecule has 0 bridgehead atoms. The Hall–Kier alpha value is -1.75. The summed E-state index contributed by atoms with van der Waals surface area (Å²) in [7, 11) is 0. The van der Waals surface area contributed by atoms with Crippen LogP contribution in [-0.2, 0) is 16.1 Å². The van der Waals surface area contributed by atoms with Crippen molar-refractivity contribution < 1.29 is 9.59 Å². The molecular formula is C15H16N2O2S. The quantitative estimate of drug-likeness (QED) is 0.675. The Kier molecular flexibility index (Phi) is 2.73. The van der Waals surface area contributed by atoms with Crippen molar-refractivity contribution in [2.45, 2.75) is 20.4 Å². The summed E-state index contributed by atoms with van der Waals surface area (Å²) in [5.74, 6) is -0.362. The van der Waals surface area contributed by atoms with E-state index in [-0.39, 0.29) is 29.1 Å². The summed E-state index contributed by atoms with van der Waals surface area (Å²) in [6.45, 7) is 4.25. The Morgan fingerprint density at radius 2 is 1.90 bits per heavy atom. The molecule has 2 atom stereocenters. The number of thiocarbonyl (C=S) groups is 1. The Bertz CT molecular complexity index is 615. The zero-order valence-electron chi connectivity index (χ0n) is 11.4. The van der Waals surface area contributed by atoms with Gasteiger partial charge in [0.25, 0.3) is 0 Å². The molecule has 2 amide bonds. The van der Waals surface area contributed by atoms with Gasteiger partial charge in [0.15, 0.2) is 0 Å². The molecule has 3 rings (SSSR count). The molecule has 0 radical (unpaired) electrons. The van der Waals surface area contributed by atoms with E-state index in [2.05, 4.69) is 0 Å². The minimum Gasteiger partial charge on any atom is -0.389 e. The highest BCUT2D eigenvalue weighted by Gasteiger charge is 2.72. The van der Waals surface area contributed by atoms with Crippen molar-refractivity contribution in [2.75, 3.05) is 0 Å². The van der Waals surface area contributed by atoms with E-state index in [0.29, 0.717) is 11.5 Å². The van der Waals surface area contributed by atoms with E-state index >= 15 is 0 Å². The first kappa shape index (κ1) is 13.2. The summed E-state index contributed by atoms with van der Waals surface area (Å²) in [6, 6.07) is 7.36. The van der Waals surface area contributed by atoms with Crippen molar-refractivity contribution in [3.8, 4) is 0 Å². The highest BCUT2D eigenvalue weighted by molar-refractivity contribution is 7.80. The van der Waals surface area contributed by atoms with E-state index in [9.17, 15) is 9.59 Å². The minimum absolute atomic E-state index is 0.0503. The van der Waals surface area contributed by atoms with E-state index < -0.39 is 0 Å². The largest absolute Gasteiger partial charge is 0.389 e. The lowest BCUT2D eigenvalue weighted by Gasteiger charge is -2.20. The smallest absolute Gasteiger partial charge is 0.233 e. The maximum absolute atomic E-state index is 12.3. The van der Waals surface area contributed by atoms with Gasteiger partial charge < -0.3 is 5.73 Å². The second-order valence-electron chi connectivity index (χ2n) is 6.10. The first-order valence-electron chi connectivity index (χ1n) is 6.58. The second-order valence-corrected chi connectivity index (χ2v) is 6.54. The molecule has 104 valence electrons. The lowest BCUT2D eigenvalue weighted by molar-refractivity contribution is -0.143. The number of carbonyl (C=O) groups excluding carboxylic acids is 2. The number of hydrogen-bond acceptors (Lipinski definition) is 3. The number of benzene rings is 1. The number of nitrogens with two attached hydrogens (primary N) is 1. The zero-order valence-corrected chi connectivity index (χ0v) is 12.2. The lowest BCUT2D eigenvalue weighted by Crippen LogP contribution is -2.35. The van der Waals surface area contributed by atoms with Crippen LogP contribution in [0.4, 0.5) is 0 Å². The molecule has 1 aromatic rings. The molecule has 0 aromatic heterocycles. The molecule has 1 saturated carbocycles. The van der Waals surface area contributed by atoms with Crippen molar-refractivity contribution in [3.05, 3.63) is 35.4 Å². The minimum atomic E-state index is -0.161. The van der Waals surface area contributed by atoms with Gasteiger partial charge >= 0.3 is 0 Å². The zero-order chi connectivity index (χ0) is 14.7. The summed E-state index contributed by atoms with van der Waals surface area (Å²) in [5, 5.41) is 0. The molecule has 20 heavy (non-hydrogen) atoms. The van der Waals surface area contributed by atoms with Crippen LogP contribution in [0.2, 0.25) is 0 Å². The van der Waals surface area contributed by atoms with E-state index in [1.807, 2.05) is 38.1 Å². The van der Waals surface area contributed by atoms with Crippen LogP contribution in [0.5, 0.6) is 0 Å². The molecule has 5 heteroatoms. The molecule has 0 spiro atoms. The molecule has 4 nitrogen and oxygen atoms in total. The van der Waals surface area contributed by atoms with Crippen molar-refractivity contribution in [2.24, 2.45) is 23.0 Å². The van der Waals surface area contributed by atoms with Gasteiger partial charge in [-0.3, -0.25) is 14.5 Å². The van der Waals surface area contributed by atoms with E-state index in [4.69, 9.17) is 18.0 Å². The summed E-state index contributed by atoms with van der Waals surface area (Å²) in [6.07, 6.45) is 0. The first-order valence-corrected chi connectivity index (χ1v) is 6.99. The predicted octanol–water partition coefficient (Wildman–Crippen LogP) is 1.46. The fourth-order valence-electron chi connectivity index (χ4n) is 3.17. The van der Waals surface area contributed by atoms with Gasteiger partial charge in [-0.25, -0.2) is 0 Å². The number of imide groups is 1. The Morgan fingerprint density at radius 3 is 2.45 bits per heavy atom. The van der Waals surface area contributed by atoms with Gasteiger partial charge in [-0.1, -0.05) is 44.3 Å². The average molecular weight is 288 g/mol. The second kappa shape index (κ2) is 4.12.